The van der Waals surface area contributed by atoms with Crippen molar-refractivity contribution in [2.24, 2.45) is 0 Å². The summed E-state index contributed by atoms with van der Waals surface area (Å²) in [5.41, 5.74) is 1.27. The van der Waals surface area contributed by atoms with Gasteiger partial charge in [0, 0.05) is 4.88 Å². The van der Waals surface area contributed by atoms with E-state index in [2.05, 4.69) is 62.6 Å². The summed E-state index contributed by atoms with van der Waals surface area (Å²) >= 11 is 1.75. The molecule has 6 heteroatoms. The highest BCUT2D eigenvalue weighted by Gasteiger charge is 2.30. The lowest BCUT2D eigenvalue weighted by atomic mass is 9.97. The summed E-state index contributed by atoms with van der Waals surface area (Å²) in [4.78, 5) is 1.29. The Morgan fingerprint density at radius 3 is 2.85 bits per heavy atom. The molecular weight excluding hydrogens is 270 g/mol. The molecular formula is C14H13N5S. The third-order valence-corrected chi connectivity index (χ3v) is 4.60. The number of tetrazole rings is 1. The number of fused-ring (bicyclic) bond motifs is 1. The number of aromatic nitrogens is 4. The van der Waals surface area contributed by atoms with Crippen molar-refractivity contribution in [3.8, 4) is 0 Å². The fraction of sp³-hybridized carbons (Fsp3) is 0.214. The number of hydrogen-bond acceptors (Lipinski definition) is 5. The molecule has 2 atom stereocenters. The Hall–Kier alpha value is -2.21. The van der Waals surface area contributed by atoms with E-state index in [0.717, 1.165) is 12.4 Å². The van der Waals surface area contributed by atoms with Crippen molar-refractivity contribution < 1.29 is 0 Å². The second kappa shape index (κ2) is 4.72. The van der Waals surface area contributed by atoms with Crippen molar-refractivity contribution in [2.45, 2.75) is 18.5 Å². The normalized spacial score (nSPS) is 21.2. The van der Waals surface area contributed by atoms with Gasteiger partial charge in [-0.05, 0) is 33.9 Å². The van der Waals surface area contributed by atoms with E-state index in [1.165, 1.54) is 10.4 Å². The number of anilines is 1. The van der Waals surface area contributed by atoms with Gasteiger partial charge in [-0.25, -0.2) is 4.68 Å². The quantitative estimate of drug-likeness (QED) is 0.785. The van der Waals surface area contributed by atoms with Crippen molar-refractivity contribution in [3.63, 3.8) is 0 Å². The molecule has 1 aliphatic heterocycles. The molecule has 0 amide bonds. The summed E-state index contributed by atoms with van der Waals surface area (Å²) in [5, 5.41) is 17.5. The van der Waals surface area contributed by atoms with Crippen LogP contribution in [0.2, 0.25) is 0 Å². The van der Waals surface area contributed by atoms with E-state index in [9.17, 15) is 0 Å². The van der Waals surface area contributed by atoms with Crippen LogP contribution >= 0.6 is 11.3 Å². The van der Waals surface area contributed by atoms with Crippen LogP contribution in [0.4, 0.5) is 5.95 Å². The molecule has 100 valence electrons. The minimum atomic E-state index is 0.200. The molecule has 1 aliphatic rings. The van der Waals surface area contributed by atoms with Crippen LogP contribution in [-0.2, 0) is 0 Å². The Kier molecular flexibility index (Phi) is 2.74. The standard InChI is InChI=1S/C14H13N5S/c1-2-5-10(6-3-1)11-9-12(13-7-4-8-20-13)19-14(15-11)16-17-18-19/h1-8,11-12H,9H2,(H,15,16,18)/t11-,12+/m0/s1. The average Bonchev–Trinajstić information content (AvgIpc) is 3.18. The molecule has 3 heterocycles. The van der Waals surface area contributed by atoms with E-state index < -0.39 is 0 Å². The lowest BCUT2D eigenvalue weighted by Crippen LogP contribution is -2.27. The Bertz CT molecular complexity index is 691. The maximum Gasteiger partial charge on any atom is 0.244 e. The van der Waals surface area contributed by atoms with Crippen molar-refractivity contribution in [1.29, 1.82) is 0 Å². The van der Waals surface area contributed by atoms with Gasteiger partial charge in [0.25, 0.3) is 0 Å². The monoisotopic (exact) mass is 283 g/mol. The third-order valence-electron chi connectivity index (χ3n) is 3.62. The number of benzene rings is 1. The van der Waals surface area contributed by atoms with E-state index in [1.807, 2.05) is 10.7 Å². The lowest BCUT2D eigenvalue weighted by molar-refractivity contribution is 0.429. The van der Waals surface area contributed by atoms with Crippen LogP contribution in [0.5, 0.6) is 0 Å². The number of nitrogens with zero attached hydrogens (tertiary/aromatic N) is 4. The zero-order chi connectivity index (χ0) is 13.4. The fourth-order valence-corrected chi connectivity index (χ4v) is 3.48. The molecule has 0 saturated heterocycles. The Morgan fingerprint density at radius 2 is 2.05 bits per heavy atom. The average molecular weight is 283 g/mol. The van der Waals surface area contributed by atoms with Gasteiger partial charge in [-0.2, -0.15) is 0 Å². The zero-order valence-corrected chi connectivity index (χ0v) is 11.5. The number of nitrogens with one attached hydrogen (secondary N) is 1. The van der Waals surface area contributed by atoms with Crippen molar-refractivity contribution in [1.82, 2.24) is 20.2 Å². The van der Waals surface area contributed by atoms with Crippen molar-refractivity contribution in [3.05, 3.63) is 58.3 Å². The van der Waals surface area contributed by atoms with E-state index >= 15 is 0 Å². The smallest absolute Gasteiger partial charge is 0.244 e. The van der Waals surface area contributed by atoms with Gasteiger partial charge >= 0.3 is 0 Å². The third kappa shape index (κ3) is 1.89. The highest BCUT2D eigenvalue weighted by Crippen LogP contribution is 2.38. The maximum atomic E-state index is 4.12. The van der Waals surface area contributed by atoms with Crippen LogP contribution in [0, 0.1) is 0 Å². The Labute approximate surface area is 120 Å². The molecule has 0 radical (unpaired) electrons. The van der Waals surface area contributed by atoms with E-state index in [-0.39, 0.29) is 12.1 Å². The highest BCUT2D eigenvalue weighted by molar-refractivity contribution is 7.10. The summed E-state index contributed by atoms with van der Waals surface area (Å²) in [5.74, 6) is 0.739. The largest absolute Gasteiger partial charge is 0.346 e. The van der Waals surface area contributed by atoms with Crippen LogP contribution in [-0.4, -0.2) is 20.2 Å². The molecule has 1 N–H and O–H groups in total. The van der Waals surface area contributed by atoms with Gasteiger partial charge in [0.15, 0.2) is 0 Å². The van der Waals surface area contributed by atoms with Gasteiger partial charge in [0.2, 0.25) is 5.95 Å². The topological polar surface area (TPSA) is 55.6 Å². The molecule has 3 aromatic rings. The molecule has 4 rings (SSSR count). The van der Waals surface area contributed by atoms with Crippen LogP contribution in [0.25, 0.3) is 0 Å². The minimum absolute atomic E-state index is 0.200. The highest BCUT2D eigenvalue weighted by atomic mass is 32.1. The molecule has 0 spiro atoms. The van der Waals surface area contributed by atoms with Gasteiger partial charge in [0.05, 0.1) is 12.1 Å². The molecule has 2 aromatic heterocycles. The molecule has 0 bridgehead atoms. The predicted molar refractivity (Wildman–Crippen MR) is 77.7 cm³/mol. The van der Waals surface area contributed by atoms with Gasteiger partial charge in [-0.1, -0.05) is 41.5 Å². The van der Waals surface area contributed by atoms with Gasteiger partial charge < -0.3 is 5.32 Å². The molecule has 0 unspecified atom stereocenters. The maximum absolute atomic E-state index is 4.12. The number of rotatable bonds is 2. The fourth-order valence-electron chi connectivity index (χ4n) is 2.66. The second-order valence-electron chi connectivity index (χ2n) is 4.82. The molecule has 20 heavy (non-hydrogen) atoms. The number of thiophene rings is 1. The first-order valence-corrected chi connectivity index (χ1v) is 7.42. The summed E-state index contributed by atoms with van der Waals surface area (Å²) in [7, 11) is 0. The van der Waals surface area contributed by atoms with Crippen molar-refractivity contribution >= 4 is 17.3 Å². The van der Waals surface area contributed by atoms with E-state index in [1.54, 1.807) is 11.3 Å². The van der Waals surface area contributed by atoms with Gasteiger partial charge in [-0.15, -0.1) is 11.3 Å². The van der Waals surface area contributed by atoms with Gasteiger partial charge in [0.1, 0.15) is 0 Å². The van der Waals surface area contributed by atoms with E-state index in [4.69, 9.17) is 0 Å². The molecule has 0 saturated carbocycles. The first-order chi connectivity index (χ1) is 9.92. The van der Waals surface area contributed by atoms with Crippen molar-refractivity contribution in [2.75, 3.05) is 5.32 Å². The van der Waals surface area contributed by atoms with E-state index in [0.29, 0.717) is 0 Å². The zero-order valence-electron chi connectivity index (χ0n) is 10.7. The molecule has 1 aromatic carbocycles. The SMILES string of the molecule is c1ccc([C@@H]2C[C@H](c3cccs3)n3nnnc3N2)cc1. The first kappa shape index (κ1) is 11.6. The molecule has 0 aliphatic carbocycles. The van der Waals surface area contributed by atoms with Gasteiger partial charge in [-0.3, -0.25) is 0 Å². The van der Waals surface area contributed by atoms with Crippen LogP contribution < -0.4 is 5.32 Å². The summed E-state index contributed by atoms with van der Waals surface area (Å²) in [6.45, 7) is 0. The molecule has 0 fully saturated rings. The Morgan fingerprint density at radius 1 is 1.15 bits per heavy atom. The Balaban J connectivity index is 1.74. The summed E-state index contributed by atoms with van der Waals surface area (Å²) < 4.78 is 1.88. The summed E-state index contributed by atoms with van der Waals surface area (Å²) in [6, 6.07) is 15.1. The predicted octanol–water partition coefficient (Wildman–Crippen LogP) is 2.88. The lowest BCUT2D eigenvalue weighted by Gasteiger charge is -2.30. The number of hydrogen-bond donors (Lipinski definition) is 1. The minimum Gasteiger partial charge on any atom is -0.346 e. The summed E-state index contributed by atoms with van der Waals surface area (Å²) in [6.07, 6.45) is 0.947. The molecule has 5 nitrogen and oxygen atoms in total. The van der Waals surface area contributed by atoms with Crippen LogP contribution in [0.1, 0.15) is 28.9 Å². The van der Waals surface area contributed by atoms with Crippen LogP contribution in [0.15, 0.2) is 47.8 Å². The first-order valence-electron chi connectivity index (χ1n) is 6.54. The van der Waals surface area contributed by atoms with Crippen LogP contribution in [0.3, 0.4) is 0 Å². The second-order valence-corrected chi connectivity index (χ2v) is 5.80.